The molecule has 0 radical (unpaired) electrons. The molecule has 152 valence electrons. The van der Waals surface area contributed by atoms with Crippen molar-refractivity contribution in [3.05, 3.63) is 66.4 Å². The summed E-state index contributed by atoms with van der Waals surface area (Å²) in [6.07, 6.45) is 6.71. The van der Waals surface area contributed by atoms with Gasteiger partial charge in [-0.05, 0) is 44.0 Å². The van der Waals surface area contributed by atoms with E-state index in [2.05, 4.69) is 56.7 Å². The number of fused-ring (bicyclic) bond motifs is 1. The second kappa shape index (κ2) is 7.86. The number of aryl methyl sites for hydroxylation is 2. The van der Waals surface area contributed by atoms with Gasteiger partial charge in [-0.2, -0.15) is 0 Å². The van der Waals surface area contributed by atoms with E-state index in [1.54, 1.807) is 6.20 Å². The Kier molecular flexibility index (Phi) is 4.91. The van der Waals surface area contributed by atoms with Crippen molar-refractivity contribution in [2.75, 3.05) is 18.0 Å². The molecule has 1 aromatic carbocycles. The van der Waals surface area contributed by atoms with Gasteiger partial charge >= 0.3 is 0 Å². The number of benzene rings is 1. The van der Waals surface area contributed by atoms with Gasteiger partial charge in [0, 0.05) is 55.3 Å². The van der Waals surface area contributed by atoms with Crippen LogP contribution >= 0.6 is 0 Å². The molecule has 0 aliphatic carbocycles. The van der Waals surface area contributed by atoms with Crippen LogP contribution in [0.1, 0.15) is 37.3 Å². The second-order valence-corrected chi connectivity index (χ2v) is 7.89. The zero-order valence-corrected chi connectivity index (χ0v) is 17.5. The van der Waals surface area contributed by atoms with Crippen molar-refractivity contribution < 1.29 is 0 Å². The summed E-state index contributed by atoms with van der Waals surface area (Å²) >= 11 is 0. The topological polar surface area (TPSA) is 59.7 Å². The van der Waals surface area contributed by atoms with Gasteiger partial charge in [0.1, 0.15) is 11.6 Å². The molecular weight excluding hydrogens is 372 g/mol. The molecule has 0 unspecified atom stereocenters. The van der Waals surface area contributed by atoms with Crippen LogP contribution in [0, 0.1) is 6.92 Å². The van der Waals surface area contributed by atoms with Gasteiger partial charge < -0.3 is 9.47 Å². The van der Waals surface area contributed by atoms with Crippen LogP contribution in [0.25, 0.3) is 22.4 Å². The number of hydrogen-bond donors (Lipinski definition) is 0. The average molecular weight is 399 g/mol. The molecule has 0 spiro atoms. The van der Waals surface area contributed by atoms with Gasteiger partial charge in [0.05, 0.1) is 11.0 Å². The van der Waals surface area contributed by atoms with E-state index in [4.69, 9.17) is 9.97 Å². The fourth-order valence-electron chi connectivity index (χ4n) is 4.44. The highest BCUT2D eigenvalue weighted by atomic mass is 15.2. The summed E-state index contributed by atoms with van der Waals surface area (Å²) in [7, 11) is 0. The van der Waals surface area contributed by atoms with Gasteiger partial charge in [-0.3, -0.25) is 4.98 Å². The van der Waals surface area contributed by atoms with Crippen LogP contribution in [0.2, 0.25) is 0 Å². The van der Waals surface area contributed by atoms with E-state index >= 15 is 0 Å². The fraction of sp³-hybridized carbons (Fsp3) is 0.333. The van der Waals surface area contributed by atoms with Crippen LogP contribution in [0.3, 0.4) is 0 Å². The first kappa shape index (κ1) is 18.7. The minimum atomic E-state index is 0.476. The van der Waals surface area contributed by atoms with Gasteiger partial charge in [-0.15, -0.1) is 0 Å². The number of anilines is 1. The third-order valence-corrected chi connectivity index (χ3v) is 5.90. The number of pyridine rings is 1. The summed E-state index contributed by atoms with van der Waals surface area (Å²) < 4.78 is 2.47. The van der Waals surface area contributed by atoms with E-state index in [9.17, 15) is 0 Å². The van der Waals surface area contributed by atoms with Crippen LogP contribution in [0.15, 0.2) is 54.9 Å². The first-order valence-electron chi connectivity index (χ1n) is 10.7. The van der Waals surface area contributed by atoms with Gasteiger partial charge in [0.15, 0.2) is 5.82 Å². The van der Waals surface area contributed by atoms with Crippen molar-refractivity contribution in [3.8, 4) is 11.4 Å². The lowest BCUT2D eigenvalue weighted by atomic mass is 10.0. The zero-order chi connectivity index (χ0) is 20.5. The van der Waals surface area contributed by atoms with Crippen LogP contribution in [0.5, 0.6) is 0 Å². The summed E-state index contributed by atoms with van der Waals surface area (Å²) in [5.41, 5.74) is 4.29. The Hall–Kier alpha value is -3.28. The van der Waals surface area contributed by atoms with Gasteiger partial charge in [-0.25, -0.2) is 15.0 Å². The van der Waals surface area contributed by atoms with E-state index in [0.717, 1.165) is 60.8 Å². The summed E-state index contributed by atoms with van der Waals surface area (Å²) in [5, 5.41) is 0. The van der Waals surface area contributed by atoms with Gasteiger partial charge in [-0.1, -0.05) is 19.1 Å². The Morgan fingerprint density at radius 2 is 1.83 bits per heavy atom. The molecule has 0 bridgehead atoms. The molecule has 0 N–H and O–H groups in total. The Morgan fingerprint density at radius 1 is 1.00 bits per heavy atom. The minimum absolute atomic E-state index is 0.476. The zero-order valence-electron chi connectivity index (χ0n) is 17.5. The number of aromatic nitrogens is 5. The third kappa shape index (κ3) is 3.43. The molecule has 4 aromatic rings. The molecule has 0 atom stereocenters. The number of para-hydroxylation sites is 2. The molecule has 1 aliphatic heterocycles. The van der Waals surface area contributed by atoms with Crippen LogP contribution in [-0.4, -0.2) is 37.6 Å². The van der Waals surface area contributed by atoms with Crippen LogP contribution < -0.4 is 4.90 Å². The molecule has 1 aliphatic rings. The molecule has 0 saturated carbocycles. The molecule has 6 heteroatoms. The van der Waals surface area contributed by atoms with Crippen LogP contribution in [-0.2, 0) is 6.42 Å². The summed E-state index contributed by atoms with van der Waals surface area (Å²) in [6, 6.07) is 15.0. The molecule has 6 nitrogen and oxygen atoms in total. The van der Waals surface area contributed by atoms with E-state index < -0.39 is 0 Å². The Labute approximate surface area is 176 Å². The Morgan fingerprint density at radius 3 is 2.60 bits per heavy atom. The molecule has 0 amide bonds. The number of hydrogen-bond acceptors (Lipinski definition) is 5. The quantitative estimate of drug-likeness (QED) is 0.503. The standard InChI is InChI=1S/C24H26N6/c1-3-22-27-20-8-4-5-9-21(20)30(22)19-10-13-29(14-11-19)23-15-17(2)26-24(28-23)18-7-6-12-25-16-18/h4-9,12,15-16,19H,3,10-11,13-14H2,1-2H3. The number of piperidine rings is 1. The SMILES string of the molecule is CCc1nc2ccccc2n1C1CCN(c2cc(C)nc(-c3cccnc3)n2)CC1. The van der Waals surface area contributed by atoms with Crippen molar-refractivity contribution in [1.29, 1.82) is 0 Å². The molecular formula is C24H26N6. The Bertz CT molecular complexity index is 1160. The Balaban J connectivity index is 1.39. The lowest BCUT2D eigenvalue weighted by molar-refractivity contribution is 0.394. The van der Waals surface area contributed by atoms with E-state index in [0.29, 0.717) is 6.04 Å². The first-order chi connectivity index (χ1) is 14.7. The summed E-state index contributed by atoms with van der Waals surface area (Å²) in [6.45, 7) is 6.17. The molecule has 30 heavy (non-hydrogen) atoms. The lowest BCUT2D eigenvalue weighted by Crippen LogP contribution is -2.35. The highest BCUT2D eigenvalue weighted by Crippen LogP contribution is 2.31. The maximum absolute atomic E-state index is 4.86. The third-order valence-electron chi connectivity index (χ3n) is 5.90. The predicted octanol–water partition coefficient (Wildman–Crippen LogP) is 4.60. The summed E-state index contributed by atoms with van der Waals surface area (Å²) in [4.78, 5) is 20.9. The number of imidazole rings is 1. The van der Waals surface area contributed by atoms with Crippen molar-refractivity contribution in [2.24, 2.45) is 0 Å². The van der Waals surface area contributed by atoms with Crippen LogP contribution in [0.4, 0.5) is 5.82 Å². The molecule has 1 fully saturated rings. The van der Waals surface area contributed by atoms with E-state index in [1.807, 2.05) is 25.3 Å². The maximum atomic E-state index is 4.86. The highest BCUT2D eigenvalue weighted by Gasteiger charge is 2.25. The molecule has 5 rings (SSSR count). The average Bonchev–Trinajstić information content (AvgIpc) is 3.18. The van der Waals surface area contributed by atoms with Gasteiger partial charge in [0.25, 0.3) is 0 Å². The largest absolute Gasteiger partial charge is 0.356 e. The maximum Gasteiger partial charge on any atom is 0.163 e. The number of rotatable bonds is 4. The van der Waals surface area contributed by atoms with Crippen molar-refractivity contribution in [3.63, 3.8) is 0 Å². The van der Waals surface area contributed by atoms with Crippen molar-refractivity contribution in [2.45, 2.75) is 39.2 Å². The smallest absolute Gasteiger partial charge is 0.163 e. The molecule has 4 heterocycles. The monoisotopic (exact) mass is 398 g/mol. The fourth-order valence-corrected chi connectivity index (χ4v) is 4.44. The minimum Gasteiger partial charge on any atom is -0.356 e. The molecule has 3 aromatic heterocycles. The van der Waals surface area contributed by atoms with Crippen molar-refractivity contribution in [1.82, 2.24) is 24.5 Å². The molecule has 1 saturated heterocycles. The summed E-state index contributed by atoms with van der Waals surface area (Å²) in [5.74, 6) is 2.94. The van der Waals surface area contributed by atoms with Gasteiger partial charge in [0.2, 0.25) is 0 Å². The number of nitrogens with zero attached hydrogens (tertiary/aromatic N) is 6. The lowest BCUT2D eigenvalue weighted by Gasteiger charge is -2.34. The second-order valence-electron chi connectivity index (χ2n) is 7.89. The van der Waals surface area contributed by atoms with E-state index in [1.165, 1.54) is 11.3 Å². The van der Waals surface area contributed by atoms with E-state index in [-0.39, 0.29) is 0 Å². The van der Waals surface area contributed by atoms with Crippen molar-refractivity contribution >= 4 is 16.9 Å². The predicted molar refractivity (Wildman–Crippen MR) is 120 cm³/mol. The highest BCUT2D eigenvalue weighted by molar-refractivity contribution is 5.76. The first-order valence-corrected chi connectivity index (χ1v) is 10.7. The normalized spacial score (nSPS) is 15.1.